The molecule has 0 spiro atoms. The molecule has 4 aliphatic rings. The smallest absolute Gasteiger partial charge is 0.240 e. The van der Waals surface area contributed by atoms with Gasteiger partial charge in [0.15, 0.2) is 17.3 Å². The van der Waals surface area contributed by atoms with E-state index < -0.39 is 29.8 Å². The van der Waals surface area contributed by atoms with Crippen LogP contribution in [-0.4, -0.2) is 48.1 Å². The highest BCUT2D eigenvalue weighted by molar-refractivity contribution is 6.24. The third-order valence-electron chi connectivity index (χ3n) is 7.40. The monoisotopic (exact) mass is 479 g/mol. The van der Waals surface area contributed by atoms with Crippen LogP contribution in [-0.2, 0) is 9.59 Å². The molecular formula is C28H21N3O5. The topological polar surface area (TPSA) is 88.5 Å². The van der Waals surface area contributed by atoms with E-state index in [-0.39, 0.29) is 11.7 Å². The lowest BCUT2D eigenvalue weighted by Crippen LogP contribution is -2.44. The SMILES string of the molecule is O=C(c1ccccc1)[C@H]1[C@@H]2C(=O)N(c3ccc4c(c3)OCCO4)C(=O)[C@@H]2[C@H]2c3ccccc3C=NN21. The van der Waals surface area contributed by atoms with Gasteiger partial charge in [0, 0.05) is 11.6 Å². The Morgan fingerprint density at radius 3 is 2.39 bits per heavy atom. The van der Waals surface area contributed by atoms with E-state index in [0.29, 0.717) is 36.0 Å². The fraction of sp³-hybridized carbons (Fsp3) is 0.214. The van der Waals surface area contributed by atoms with Crippen LogP contribution >= 0.6 is 0 Å². The third-order valence-corrected chi connectivity index (χ3v) is 7.40. The van der Waals surface area contributed by atoms with Gasteiger partial charge in [-0.3, -0.25) is 19.4 Å². The number of fused-ring (bicyclic) bond motifs is 6. The number of hydrogen-bond acceptors (Lipinski definition) is 7. The van der Waals surface area contributed by atoms with E-state index >= 15 is 0 Å². The summed E-state index contributed by atoms with van der Waals surface area (Å²) < 4.78 is 11.3. The third kappa shape index (κ3) is 2.87. The molecule has 4 atom stereocenters. The number of amides is 2. The van der Waals surface area contributed by atoms with Crippen molar-refractivity contribution >= 4 is 29.5 Å². The first-order valence-corrected chi connectivity index (χ1v) is 11.9. The van der Waals surface area contributed by atoms with Crippen molar-refractivity contribution in [3.8, 4) is 11.5 Å². The van der Waals surface area contributed by atoms with Crippen molar-refractivity contribution < 1.29 is 23.9 Å². The number of hydrazone groups is 1. The van der Waals surface area contributed by atoms with Gasteiger partial charge in [0.1, 0.15) is 19.3 Å². The molecule has 0 aromatic heterocycles. The summed E-state index contributed by atoms with van der Waals surface area (Å²) in [6, 6.07) is 20.2. The molecule has 4 heterocycles. The normalized spacial score (nSPS) is 25.4. The Morgan fingerprint density at radius 1 is 0.833 bits per heavy atom. The number of imide groups is 1. The Kier molecular flexibility index (Phi) is 4.51. The molecule has 2 saturated heterocycles. The fourth-order valence-electron chi connectivity index (χ4n) is 5.87. The van der Waals surface area contributed by atoms with Crippen molar-refractivity contribution in [3.05, 3.63) is 89.5 Å². The molecular weight excluding hydrogens is 458 g/mol. The van der Waals surface area contributed by atoms with Crippen LogP contribution in [0.2, 0.25) is 0 Å². The summed E-state index contributed by atoms with van der Waals surface area (Å²) in [4.78, 5) is 43.0. The number of carbonyl (C=O) groups excluding carboxylic acids is 3. The summed E-state index contributed by atoms with van der Waals surface area (Å²) in [6.07, 6.45) is 1.70. The second-order valence-electron chi connectivity index (χ2n) is 9.26. The molecule has 2 fully saturated rings. The number of ether oxygens (including phenoxy) is 2. The summed E-state index contributed by atoms with van der Waals surface area (Å²) in [5, 5.41) is 6.27. The zero-order valence-corrected chi connectivity index (χ0v) is 19.1. The van der Waals surface area contributed by atoms with E-state index in [9.17, 15) is 14.4 Å². The van der Waals surface area contributed by atoms with Crippen molar-refractivity contribution in [1.82, 2.24) is 5.01 Å². The van der Waals surface area contributed by atoms with Crippen LogP contribution in [0.1, 0.15) is 27.5 Å². The molecule has 0 unspecified atom stereocenters. The van der Waals surface area contributed by atoms with Crippen molar-refractivity contribution in [2.45, 2.75) is 12.1 Å². The molecule has 3 aromatic carbocycles. The summed E-state index contributed by atoms with van der Waals surface area (Å²) in [5.41, 5.74) is 2.65. The summed E-state index contributed by atoms with van der Waals surface area (Å²) in [6.45, 7) is 0.835. The first kappa shape index (κ1) is 20.9. The van der Waals surface area contributed by atoms with Gasteiger partial charge in [-0.25, -0.2) is 4.90 Å². The minimum absolute atomic E-state index is 0.227. The van der Waals surface area contributed by atoms with Crippen LogP contribution in [0.4, 0.5) is 5.69 Å². The molecule has 7 rings (SSSR count). The summed E-state index contributed by atoms with van der Waals surface area (Å²) >= 11 is 0. The first-order valence-electron chi connectivity index (χ1n) is 11.9. The second kappa shape index (κ2) is 7.78. The van der Waals surface area contributed by atoms with E-state index in [1.807, 2.05) is 30.3 Å². The Bertz CT molecular complexity index is 1450. The van der Waals surface area contributed by atoms with Gasteiger partial charge >= 0.3 is 0 Å². The lowest BCUT2D eigenvalue weighted by atomic mass is 9.83. The Morgan fingerprint density at radius 2 is 1.56 bits per heavy atom. The first-order chi connectivity index (χ1) is 17.6. The van der Waals surface area contributed by atoms with Crippen LogP contribution in [0.15, 0.2) is 77.9 Å². The zero-order valence-electron chi connectivity index (χ0n) is 19.1. The number of Topliss-reactive ketones (excluding diaryl/α,β-unsaturated/α-hetero) is 1. The Balaban J connectivity index is 1.35. The van der Waals surface area contributed by atoms with Crippen LogP contribution in [0, 0.1) is 11.8 Å². The standard InChI is InChI=1S/C28H21N3O5/c32-26(16-6-2-1-3-7-16)25-23-22(24-19-9-5-4-8-17(19)15-29-31(24)25)27(33)30(28(23)34)18-10-11-20-21(14-18)36-13-12-35-20/h1-11,14-15,22-25H,12-13H2/t22-,23+,24+,25+/m0/s1. The van der Waals surface area contributed by atoms with Gasteiger partial charge in [0.25, 0.3) is 0 Å². The van der Waals surface area contributed by atoms with E-state index in [0.717, 1.165) is 11.1 Å². The maximum Gasteiger partial charge on any atom is 0.240 e. The zero-order chi connectivity index (χ0) is 24.4. The summed E-state index contributed by atoms with van der Waals surface area (Å²) in [7, 11) is 0. The molecule has 0 saturated carbocycles. The predicted octanol–water partition coefficient (Wildman–Crippen LogP) is 3.22. The minimum Gasteiger partial charge on any atom is -0.486 e. The van der Waals surface area contributed by atoms with Crippen molar-refractivity contribution in [3.63, 3.8) is 0 Å². The van der Waals surface area contributed by atoms with Crippen molar-refractivity contribution in [2.75, 3.05) is 18.1 Å². The summed E-state index contributed by atoms with van der Waals surface area (Å²) in [5.74, 6) is -1.53. The van der Waals surface area contributed by atoms with E-state index in [1.54, 1.807) is 53.7 Å². The van der Waals surface area contributed by atoms with Gasteiger partial charge in [0.2, 0.25) is 11.8 Å². The Labute approximate surface area is 206 Å². The van der Waals surface area contributed by atoms with Gasteiger partial charge < -0.3 is 9.47 Å². The highest BCUT2D eigenvalue weighted by Gasteiger charge is 2.65. The number of benzene rings is 3. The van der Waals surface area contributed by atoms with Crippen LogP contribution in [0.5, 0.6) is 11.5 Å². The number of nitrogens with zero attached hydrogens (tertiary/aromatic N) is 3. The molecule has 36 heavy (non-hydrogen) atoms. The molecule has 0 N–H and O–H groups in total. The molecule has 8 heteroatoms. The molecule has 0 aliphatic carbocycles. The van der Waals surface area contributed by atoms with Gasteiger partial charge in [-0.15, -0.1) is 0 Å². The second-order valence-corrected chi connectivity index (χ2v) is 9.26. The van der Waals surface area contributed by atoms with E-state index in [2.05, 4.69) is 5.10 Å². The van der Waals surface area contributed by atoms with Gasteiger partial charge in [-0.1, -0.05) is 54.6 Å². The molecule has 0 radical (unpaired) electrons. The van der Waals surface area contributed by atoms with Gasteiger partial charge in [0.05, 0.1) is 29.8 Å². The highest BCUT2D eigenvalue weighted by Crippen LogP contribution is 2.53. The molecule has 0 bridgehead atoms. The average molecular weight is 479 g/mol. The number of carbonyl (C=O) groups is 3. The fourth-order valence-corrected chi connectivity index (χ4v) is 5.87. The maximum atomic E-state index is 14.0. The molecule has 3 aromatic rings. The quantitative estimate of drug-likeness (QED) is 0.424. The van der Waals surface area contributed by atoms with Crippen LogP contribution < -0.4 is 14.4 Å². The van der Waals surface area contributed by atoms with Gasteiger partial charge in [-0.2, -0.15) is 5.10 Å². The van der Waals surface area contributed by atoms with Gasteiger partial charge in [-0.05, 0) is 23.3 Å². The largest absolute Gasteiger partial charge is 0.486 e. The maximum absolute atomic E-state index is 14.0. The number of rotatable bonds is 3. The van der Waals surface area contributed by atoms with Crippen molar-refractivity contribution in [1.29, 1.82) is 0 Å². The average Bonchev–Trinajstić information content (AvgIpc) is 3.40. The number of anilines is 1. The lowest BCUT2D eigenvalue weighted by Gasteiger charge is -2.33. The molecule has 4 aliphatic heterocycles. The van der Waals surface area contributed by atoms with Crippen molar-refractivity contribution in [2.24, 2.45) is 16.9 Å². The van der Waals surface area contributed by atoms with E-state index in [1.165, 1.54) is 4.90 Å². The number of hydrogen-bond donors (Lipinski definition) is 0. The molecule has 178 valence electrons. The predicted molar refractivity (Wildman–Crippen MR) is 130 cm³/mol. The number of ketones is 1. The van der Waals surface area contributed by atoms with Crippen LogP contribution in [0.3, 0.4) is 0 Å². The van der Waals surface area contributed by atoms with Crippen LogP contribution in [0.25, 0.3) is 0 Å². The molecule has 8 nitrogen and oxygen atoms in total. The van der Waals surface area contributed by atoms with E-state index in [4.69, 9.17) is 9.47 Å². The molecule has 2 amide bonds. The Hall–Kier alpha value is -4.46. The minimum atomic E-state index is -0.898. The highest BCUT2D eigenvalue weighted by atomic mass is 16.6. The lowest BCUT2D eigenvalue weighted by molar-refractivity contribution is -0.124.